The Bertz CT molecular complexity index is 1100. The van der Waals surface area contributed by atoms with Crippen molar-refractivity contribution in [1.82, 2.24) is 0 Å². The number of thiocarbonyl (C=S) groups is 1. The fourth-order valence-electron chi connectivity index (χ4n) is 2.75. The molecular weight excluding hydrogens is 494 g/mol. The van der Waals surface area contributed by atoms with E-state index in [0.29, 0.717) is 37.4 Å². The van der Waals surface area contributed by atoms with E-state index in [1.54, 1.807) is 12.1 Å². The van der Waals surface area contributed by atoms with Crippen molar-refractivity contribution in [3.63, 3.8) is 0 Å². The van der Waals surface area contributed by atoms with E-state index in [2.05, 4.69) is 26.6 Å². The van der Waals surface area contributed by atoms with Crippen LogP contribution < -0.4 is 25.8 Å². The van der Waals surface area contributed by atoms with E-state index >= 15 is 0 Å². The van der Waals surface area contributed by atoms with Gasteiger partial charge < -0.3 is 30.3 Å². The predicted octanol–water partition coefficient (Wildman–Crippen LogP) is 5.29. The normalized spacial score (nSPS) is 10.4. The molecule has 0 spiro atoms. The first-order valence-corrected chi connectivity index (χ1v) is 10.1. The Kier molecular flexibility index (Phi) is 6.86. The predicted molar refractivity (Wildman–Crippen MR) is 125 cm³/mol. The number of ether oxygens (including phenoxy) is 2. The Morgan fingerprint density at radius 3 is 2.40 bits per heavy atom. The van der Waals surface area contributed by atoms with Crippen molar-refractivity contribution in [3.8, 4) is 22.6 Å². The summed E-state index contributed by atoms with van der Waals surface area (Å²) in [5.74, 6) is 0.465. The topological polar surface area (TPSA) is 98.8 Å². The maximum absolute atomic E-state index is 11.6. The molecule has 0 saturated heterocycles. The quantitative estimate of drug-likeness (QED) is 0.388. The summed E-state index contributed by atoms with van der Waals surface area (Å²) in [5, 5.41) is 6.88. The zero-order valence-corrected chi connectivity index (χ0v) is 19.1. The third kappa shape index (κ3) is 4.69. The molecule has 1 heterocycles. The second-order valence-corrected chi connectivity index (χ2v) is 7.67. The third-order valence-corrected chi connectivity index (χ3v) is 5.21. The number of nitrogens with two attached hydrogens (primary N) is 1. The first-order chi connectivity index (χ1) is 14.3. The van der Waals surface area contributed by atoms with Gasteiger partial charge >= 0.3 is 0 Å². The second kappa shape index (κ2) is 9.38. The Balaban J connectivity index is 1.75. The zero-order chi connectivity index (χ0) is 21.8. The van der Waals surface area contributed by atoms with Gasteiger partial charge in [-0.25, -0.2) is 0 Å². The third-order valence-electron chi connectivity index (χ3n) is 4.12. The molecule has 1 aromatic heterocycles. The Morgan fingerprint density at radius 2 is 1.80 bits per heavy atom. The van der Waals surface area contributed by atoms with Crippen LogP contribution in [0.25, 0.3) is 11.1 Å². The number of anilines is 2. The smallest absolute Gasteiger partial charge is 0.285 e. The van der Waals surface area contributed by atoms with Crippen LogP contribution in [0.4, 0.5) is 11.4 Å². The Morgan fingerprint density at radius 1 is 1.13 bits per heavy atom. The summed E-state index contributed by atoms with van der Waals surface area (Å²) in [7, 11) is 3.06. The molecule has 0 unspecified atom stereocenters. The monoisotopic (exact) mass is 509 g/mol. The number of methoxy groups -OCH3 is 2. The molecule has 0 atom stereocenters. The summed E-state index contributed by atoms with van der Waals surface area (Å²) in [6, 6.07) is 10.6. The number of halogens is 2. The number of amides is 1. The fourth-order valence-corrected chi connectivity index (χ4v) is 3.72. The molecule has 10 heteroatoms. The number of carbonyl (C=O) groups excluding carboxylic acids is 1. The second-order valence-electron chi connectivity index (χ2n) is 6.00. The lowest BCUT2D eigenvalue weighted by Gasteiger charge is -2.15. The molecule has 0 aliphatic heterocycles. The van der Waals surface area contributed by atoms with Crippen molar-refractivity contribution in [2.45, 2.75) is 0 Å². The molecule has 0 saturated carbocycles. The lowest BCUT2D eigenvalue weighted by Crippen LogP contribution is -2.19. The minimum atomic E-state index is -0.643. The van der Waals surface area contributed by atoms with Crippen molar-refractivity contribution in [1.29, 1.82) is 0 Å². The van der Waals surface area contributed by atoms with Crippen molar-refractivity contribution < 1.29 is 18.7 Å². The highest BCUT2D eigenvalue weighted by atomic mass is 79.9. The van der Waals surface area contributed by atoms with Crippen molar-refractivity contribution in [2.75, 3.05) is 24.9 Å². The molecule has 0 radical (unpaired) electrons. The van der Waals surface area contributed by atoms with Crippen LogP contribution in [0.5, 0.6) is 11.5 Å². The van der Waals surface area contributed by atoms with Gasteiger partial charge in [0.1, 0.15) is 17.8 Å². The van der Waals surface area contributed by atoms with Crippen LogP contribution in [0.15, 0.2) is 51.6 Å². The van der Waals surface area contributed by atoms with Crippen molar-refractivity contribution in [3.05, 3.63) is 57.9 Å². The SMILES string of the molecule is COc1cc(OC)c(NC(=S)Nc2ccc(-c3c(Br)coc3C(N)=O)cc2)cc1Cl. The summed E-state index contributed by atoms with van der Waals surface area (Å²) in [6.07, 6.45) is 1.42. The molecule has 1 amide bonds. The van der Waals surface area contributed by atoms with Gasteiger partial charge in [0.15, 0.2) is 10.9 Å². The molecule has 7 nitrogen and oxygen atoms in total. The minimum Gasteiger partial charge on any atom is -0.495 e. The lowest BCUT2D eigenvalue weighted by molar-refractivity contribution is 0.0975. The average molecular weight is 511 g/mol. The van der Waals surface area contributed by atoms with Crippen LogP contribution in [-0.4, -0.2) is 25.2 Å². The number of rotatable bonds is 6. The standard InChI is InChI=1S/C20H17BrClN3O4S/c1-27-15-8-16(28-2)14(7-13(15)22)25-20(30)24-11-5-3-10(4-6-11)17-12(21)9-29-18(17)19(23)26/h3-9H,1-2H3,(H2,23,26)(H2,24,25,30). The molecule has 30 heavy (non-hydrogen) atoms. The molecule has 3 aromatic rings. The Labute approximate surface area is 191 Å². The van der Waals surface area contributed by atoms with Gasteiger partial charge in [-0.1, -0.05) is 23.7 Å². The van der Waals surface area contributed by atoms with Gasteiger partial charge in [-0.2, -0.15) is 0 Å². The van der Waals surface area contributed by atoms with Gasteiger partial charge in [0.05, 0.1) is 29.4 Å². The molecule has 4 N–H and O–H groups in total. The van der Waals surface area contributed by atoms with Gasteiger partial charge in [-0.15, -0.1) is 0 Å². The first-order valence-electron chi connectivity index (χ1n) is 8.50. The van der Waals surface area contributed by atoms with Crippen LogP contribution >= 0.6 is 39.7 Å². The maximum Gasteiger partial charge on any atom is 0.285 e. The molecule has 0 aliphatic rings. The number of carbonyl (C=O) groups is 1. The van der Waals surface area contributed by atoms with Gasteiger partial charge in [-0.05, 0) is 51.9 Å². The maximum atomic E-state index is 11.6. The molecule has 0 bridgehead atoms. The van der Waals surface area contributed by atoms with Crippen LogP contribution in [-0.2, 0) is 0 Å². The molecular formula is C20H17BrClN3O4S. The lowest BCUT2D eigenvalue weighted by atomic mass is 10.1. The van der Waals surface area contributed by atoms with E-state index in [0.717, 1.165) is 11.3 Å². The van der Waals surface area contributed by atoms with E-state index in [1.807, 2.05) is 24.3 Å². The molecule has 156 valence electrons. The van der Waals surface area contributed by atoms with Gasteiger partial charge in [0.2, 0.25) is 0 Å². The highest BCUT2D eigenvalue weighted by Crippen LogP contribution is 2.36. The van der Waals surface area contributed by atoms with Gasteiger partial charge in [0, 0.05) is 17.3 Å². The van der Waals surface area contributed by atoms with Crippen LogP contribution in [0, 0.1) is 0 Å². The van der Waals surface area contributed by atoms with Crippen molar-refractivity contribution in [2.24, 2.45) is 5.73 Å². The summed E-state index contributed by atoms with van der Waals surface area (Å²) in [6.45, 7) is 0. The summed E-state index contributed by atoms with van der Waals surface area (Å²) >= 11 is 14.9. The van der Waals surface area contributed by atoms with Gasteiger partial charge in [0.25, 0.3) is 5.91 Å². The van der Waals surface area contributed by atoms with E-state index < -0.39 is 5.91 Å². The van der Waals surface area contributed by atoms with E-state index in [9.17, 15) is 4.79 Å². The minimum absolute atomic E-state index is 0.0863. The number of hydrogen-bond donors (Lipinski definition) is 3. The molecule has 0 fully saturated rings. The summed E-state index contributed by atoms with van der Waals surface area (Å²) in [4.78, 5) is 11.6. The van der Waals surface area contributed by atoms with Crippen molar-refractivity contribution >= 4 is 62.1 Å². The highest BCUT2D eigenvalue weighted by Gasteiger charge is 2.18. The summed E-state index contributed by atoms with van der Waals surface area (Å²) in [5.41, 5.74) is 8.04. The van der Waals surface area contributed by atoms with Crippen LogP contribution in [0.2, 0.25) is 5.02 Å². The van der Waals surface area contributed by atoms with E-state index in [-0.39, 0.29) is 5.76 Å². The molecule has 0 aliphatic carbocycles. The largest absolute Gasteiger partial charge is 0.495 e. The van der Waals surface area contributed by atoms with Gasteiger partial charge in [-0.3, -0.25) is 4.79 Å². The first kappa shape index (κ1) is 21.9. The number of nitrogens with one attached hydrogen (secondary N) is 2. The Hall–Kier alpha value is -2.75. The molecule has 3 rings (SSSR count). The molecule has 2 aromatic carbocycles. The number of benzene rings is 2. The van der Waals surface area contributed by atoms with E-state index in [1.165, 1.54) is 20.5 Å². The average Bonchev–Trinajstić information content (AvgIpc) is 3.10. The number of primary amides is 1. The zero-order valence-electron chi connectivity index (χ0n) is 15.9. The van der Waals surface area contributed by atoms with Crippen LogP contribution in [0.1, 0.15) is 10.6 Å². The van der Waals surface area contributed by atoms with Crippen LogP contribution in [0.3, 0.4) is 0 Å². The summed E-state index contributed by atoms with van der Waals surface area (Å²) < 4.78 is 16.4. The number of hydrogen-bond acceptors (Lipinski definition) is 5. The van der Waals surface area contributed by atoms with E-state index in [4.69, 9.17) is 43.4 Å². The fraction of sp³-hybridized carbons (Fsp3) is 0.100. The number of furan rings is 1. The highest BCUT2D eigenvalue weighted by molar-refractivity contribution is 9.10.